The number of nitrogens with zero attached hydrogens (tertiary/aromatic N) is 1. The SMILES string of the molecule is COc1ccccc1NC(=O)C1CCc2sc(NC(=O)c3ccccc3)nc21. The maximum atomic E-state index is 12.8. The first-order chi connectivity index (χ1) is 13.7. The summed E-state index contributed by atoms with van der Waals surface area (Å²) in [4.78, 5) is 30.7. The van der Waals surface area contributed by atoms with Gasteiger partial charge in [0.15, 0.2) is 5.13 Å². The van der Waals surface area contributed by atoms with E-state index in [9.17, 15) is 9.59 Å². The van der Waals surface area contributed by atoms with Gasteiger partial charge in [0.25, 0.3) is 5.91 Å². The van der Waals surface area contributed by atoms with Crippen LogP contribution in [0.4, 0.5) is 10.8 Å². The van der Waals surface area contributed by atoms with E-state index in [4.69, 9.17) is 4.74 Å². The molecule has 1 heterocycles. The lowest BCUT2D eigenvalue weighted by Gasteiger charge is -2.13. The normalized spacial score (nSPS) is 15.0. The maximum absolute atomic E-state index is 12.8. The van der Waals surface area contributed by atoms with Crippen molar-refractivity contribution in [2.75, 3.05) is 17.7 Å². The predicted molar refractivity (Wildman–Crippen MR) is 109 cm³/mol. The van der Waals surface area contributed by atoms with Gasteiger partial charge in [0.2, 0.25) is 5.91 Å². The number of rotatable bonds is 5. The van der Waals surface area contributed by atoms with Crippen LogP contribution in [0.15, 0.2) is 54.6 Å². The molecule has 28 heavy (non-hydrogen) atoms. The third kappa shape index (κ3) is 3.61. The highest BCUT2D eigenvalue weighted by Crippen LogP contribution is 2.39. The Bertz CT molecular complexity index is 1020. The van der Waals surface area contributed by atoms with Crippen molar-refractivity contribution >= 4 is 34.0 Å². The number of para-hydroxylation sites is 2. The van der Waals surface area contributed by atoms with Crippen LogP contribution in [0.3, 0.4) is 0 Å². The van der Waals surface area contributed by atoms with Crippen molar-refractivity contribution in [3.8, 4) is 5.75 Å². The van der Waals surface area contributed by atoms with Crippen molar-refractivity contribution < 1.29 is 14.3 Å². The van der Waals surface area contributed by atoms with Gasteiger partial charge in [-0.25, -0.2) is 4.98 Å². The zero-order chi connectivity index (χ0) is 19.5. The van der Waals surface area contributed by atoms with Crippen molar-refractivity contribution in [2.45, 2.75) is 18.8 Å². The number of hydrogen-bond acceptors (Lipinski definition) is 5. The average molecular weight is 393 g/mol. The first-order valence-corrected chi connectivity index (χ1v) is 9.77. The van der Waals surface area contributed by atoms with Crippen LogP contribution in [0.1, 0.15) is 33.3 Å². The summed E-state index contributed by atoms with van der Waals surface area (Å²) in [6.07, 6.45) is 1.49. The van der Waals surface area contributed by atoms with Gasteiger partial charge in [-0.3, -0.25) is 14.9 Å². The van der Waals surface area contributed by atoms with Crippen molar-refractivity contribution in [1.82, 2.24) is 4.98 Å². The Balaban J connectivity index is 1.48. The first kappa shape index (κ1) is 18.2. The molecule has 7 heteroatoms. The summed E-state index contributed by atoms with van der Waals surface area (Å²) in [5, 5.41) is 6.29. The van der Waals surface area contributed by atoms with E-state index in [1.165, 1.54) is 11.3 Å². The molecule has 1 atom stereocenters. The number of nitrogens with one attached hydrogen (secondary N) is 2. The number of ether oxygens (including phenoxy) is 1. The van der Waals surface area contributed by atoms with Gasteiger partial charge >= 0.3 is 0 Å². The van der Waals surface area contributed by atoms with Crippen LogP contribution >= 0.6 is 11.3 Å². The smallest absolute Gasteiger partial charge is 0.257 e. The number of hydrogen-bond donors (Lipinski definition) is 2. The van der Waals surface area contributed by atoms with Crippen LogP contribution in [-0.2, 0) is 11.2 Å². The number of carbonyl (C=O) groups is 2. The van der Waals surface area contributed by atoms with Crippen LogP contribution in [0, 0.1) is 0 Å². The molecule has 1 unspecified atom stereocenters. The second kappa shape index (κ2) is 7.82. The van der Waals surface area contributed by atoms with E-state index >= 15 is 0 Å². The molecule has 2 amide bonds. The molecule has 0 radical (unpaired) electrons. The average Bonchev–Trinajstić information content (AvgIpc) is 3.29. The summed E-state index contributed by atoms with van der Waals surface area (Å²) in [5.41, 5.74) is 1.96. The number of thiazole rings is 1. The van der Waals surface area contributed by atoms with Gasteiger partial charge in [-0.15, -0.1) is 11.3 Å². The molecule has 2 aromatic carbocycles. The summed E-state index contributed by atoms with van der Waals surface area (Å²) in [6.45, 7) is 0. The Hall–Kier alpha value is -3.19. The van der Waals surface area contributed by atoms with E-state index in [1.54, 1.807) is 31.4 Å². The second-order valence-corrected chi connectivity index (χ2v) is 7.51. The van der Waals surface area contributed by atoms with Crippen LogP contribution in [0.5, 0.6) is 5.75 Å². The molecule has 0 fully saturated rings. The Morgan fingerprint density at radius 3 is 2.61 bits per heavy atom. The first-order valence-electron chi connectivity index (χ1n) is 8.95. The van der Waals surface area contributed by atoms with Crippen LogP contribution < -0.4 is 15.4 Å². The molecular formula is C21H19N3O3S. The van der Waals surface area contributed by atoms with Crippen molar-refractivity contribution in [2.24, 2.45) is 0 Å². The van der Waals surface area contributed by atoms with E-state index in [2.05, 4.69) is 15.6 Å². The number of fused-ring (bicyclic) bond motifs is 1. The molecular weight excluding hydrogens is 374 g/mol. The number of aryl methyl sites for hydroxylation is 1. The molecule has 4 rings (SSSR count). The van der Waals surface area contributed by atoms with E-state index in [0.29, 0.717) is 28.6 Å². The van der Waals surface area contributed by atoms with Crippen LogP contribution in [0.2, 0.25) is 0 Å². The van der Waals surface area contributed by atoms with Gasteiger partial charge in [0.05, 0.1) is 24.4 Å². The number of aromatic nitrogens is 1. The van der Waals surface area contributed by atoms with Gasteiger partial charge in [-0.05, 0) is 37.1 Å². The van der Waals surface area contributed by atoms with E-state index in [1.807, 2.05) is 30.3 Å². The molecule has 0 bridgehead atoms. The summed E-state index contributed by atoms with van der Waals surface area (Å²) < 4.78 is 5.29. The van der Waals surface area contributed by atoms with Gasteiger partial charge < -0.3 is 10.1 Å². The minimum Gasteiger partial charge on any atom is -0.495 e. The van der Waals surface area contributed by atoms with Crippen molar-refractivity contribution in [3.63, 3.8) is 0 Å². The van der Waals surface area contributed by atoms with Crippen LogP contribution in [0.25, 0.3) is 0 Å². The fraction of sp³-hybridized carbons (Fsp3) is 0.190. The highest BCUT2D eigenvalue weighted by Gasteiger charge is 2.33. The van der Waals surface area contributed by atoms with Gasteiger partial charge in [-0.1, -0.05) is 30.3 Å². The molecule has 142 valence electrons. The van der Waals surface area contributed by atoms with Crippen molar-refractivity contribution in [3.05, 3.63) is 70.7 Å². The number of amides is 2. The largest absolute Gasteiger partial charge is 0.495 e. The monoisotopic (exact) mass is 393 g/mol. The fourth-order valence-electron chi connectivity index (χ4n) is 3.26. The summed E-state index contributed by atoms with van der Waals surface area (Å²) in [5.74, 6) is -0.0424. The summed E-state index contributed by atoms with van der Waals surface area (Å²) in [7, 11) is 1.57. The van der Waals surface area contributed by atoms with E-state index < -0.39 is 0 Å². The number of benzene rings is 2. The third-order valence-electron chi connectivity index (χ3n) is 4.66. The Morgan fingerprint density at radius 1 is 1.07 bits per heavy atom. The number of methoxy groups -OCH3 is 1. The molecule has 2 N–H and O–H groups in total. The molecule has 1 aliphatic rings. The lowest BCUT2D eigenvalue weighted by Crippen LogP contribution is -2.20. The van der Waals surface area contributed by atoms with Gasteiger partial charge in [-0.2, -0.15) is 0 Å². The number of carbonyl (C=O) groups excluding carboxylic acids is 2. The molecule has 6 nitrogen and oxygen atoms in total. The Kier molecular flexibility index (Phi) is 5.08. The number of anilines is 2. The topological polar surface area (TPSA) is 80.3 Å². The molecule has 1 aromatic heterocycles. The molecule has 0 aliphatic heterocycles. The zero-order valence-electron chi connectivity index (χ0n) is 15.3. The minimum absolute atomic E-state index is 0.116. The summed E-state index contributed by atoms with van der Waals surface area (Å²) >= 11 is 1.43. The lowest BCUT2D eigenvalue weighted by atomic mass is 10.1. The molecule has 0 saturated heterocycles. The standard InChI is InChI=1S/C21H19N3O3S/c1-27-16-10-6-5-9-15(16)22-20(26)14-11-12-17-18(14)23-21(28-17)24-19(25)13-7-3-2-4-8-13/h2-10,14H,11-12H2,1H3,(H,22,26)(H,23,24,25). The second-order valence-electron chi connectivity index (χ2n) is 6.43. The summed E-state index contributed by atoms with van der Waals surface area (Å²) in [6, 6.07) is 16.3. The van der Waals surface area contributed by atoms with Gasteiger partial charge in [0.1, 0.15) is 5.75 Å². The van der Waals surface area contributed by atoms with E-state index in [-0.39, 0.29) is 17.7 Å². The molecule has 3 aromatic rings. The Labute approximate surface area is 166 Å². The zero-order valence-corrected chi connectivity index (χ0v) is 16.1. The molecule has 0 saturated carbocycles. The highest BCUT2D eigenvalue weighted by atomic mass is 32.1. The third-order valence-corrected chi connectivity index (χ3v) is 5.70. The molecule has 0 spiro atoms. The molecule has 1 aliphatic carbocycles. The van der Waals surface area contributed by atoms with Gasteiger partial charge in [0, 0.05) is 10.4 Å². The van der Waals surface area contributed by atoms with Crippen molar-refractivity contribution in [1.29, 1.82) is 0 Å². The lowest BCUT2D eigenvalue weighted by molar-refractivity contribution is -0.117. The Morgan fingerprint density at radius 2 is 1.82 bits per heavy atom. The minimum atomic E-state index is -0.335. The van der Waals surface area contributed by atoms with Crippen LogP contribution in [-0.4, -0.2) is 23.9 Å². The van der Waals surface area contributed by atoms with E-state index in [0.717, 1.165) is 17.0 Å². The quantitative estimate of drug-likeness (QED) is 0.685. The maximum Gasteiger partial charge on any atom is 0.257 e. The fourth-order valence-corrected chi connectivity index (χ4v) is 4.30. The highest BCUT2D eigenvalue weighted by molar-refractivity contribution is 7.16. The predicted octanol–water partition coefficient (Wildman–Crippen LogP) is 4.07.